The SMILES string of the molecule is COC[C@]12CC[C@@H](O)C[C@@H]1CC[C@@H]1C2C(=N)C[C@]2(C)[C@@H](C(=O)CN3NNCC3C)CC[C@@H]12. The standard InChI is InChI=1S/C25H42N4O3/c1-15-12-27-28-29(15)13-22(31)20-7-6-19-18-5-4-16-10-17(30)8-9-25(16,14-32-3)23(18)21(26)11-24(19,20)2/h15-20,23,26-28,30H,4-14H2,1-3H3/t15?,16-,17+,18-,19-,20+,23?,24-,25+/m0/s1. The summed E-state index contributed by atoms with van der Waals surface area (Å²) in [5.41, 5.74) is 7.04. The lowest BCUT2D eigenvalue weighted by atomic mass is 9.43. The molecule has 0 aromatic rings. The zero-order valence-electron chi connectivity index (χ0n) is 20.0. The van der Waals surface area contributed by atoms with E-state index in [-0.39, 0.29) is 28.8 Å². The van der Waals surface area contributed by atoms with Crippen molar-refractivity contribution in [3.05, 3.63) is 0 Å². The maximum Gasteiger partial charge on any atom is 0.151 e. The number of aliphatic hydroxyl groups is 1. The number of carbonyl (C=O) groups excluding carboxylic acids is 1. The summed E-state index contributed by atoms with van der Waals surface area (Å²) in [6.07, 6.45) is 7.53. The number of hydrazine groups is 2. The Morgan fingerprint density at radius 2 is 2.09 bits per heavy atom. The summed E-state index contributed by atoms with van der Waals surface area (Å²) in [4.78, 5) is 13.5. The van der Waals surface area contributed by atoms with E-state index in [1.165, 1.54) is 0 Å². The van der Waals surface area contributed by atoms with E-state index in [0.29, 0.717) is 42.7 Å². The fraction of sp³-hybridized carbons (Fsp3) is 0.920. The van der Waals surface area contributed by atoms with Crippen LogP contribution in [0.5, 0.6) is 0 Å². The number of hydrogen-bond acceptors (Lipinski definition) is 7. The van der Waals surface area contributed by atoms with Crippen molar-refractivity contribution in [2.75, 3.05) is 26.8 Å². The van der Waals surface area contributed by atoms with Crippen LogP contribution in [0.1, 0.15) is 65.2 Å². The van der Waals surface area contributed by atoms with Gasteiger partial charge in [0.05, 0.1) is 19.3 Å². The van der Waals surface area contributed by atoms with Gasteiger partial charge in [-0.05, 0) is 81.5 Å². The Morgan fingerprint density at radius 3 is 2.81 bits per heavy atom. The van der Waals surface area contributed by atoms with Crippen LogP contribution in [0.4, 0.5) is 0 Å². The maximum absolute atomic E-state index is 13.5. The summed E-state index contributed by atoms with van der Waals surface area (Å²) in [7, 11) is 1.80. The highest BCUT2D eigenvalue weighted by molar-refractivity contribution is 5.90. The Morgan fingerprint density at radius 1 is 1.28 bits per heavy atom. The monoisotopic (exact) mass is 446 g/mol. The number of aliphatic hydroxyl groups excluding tert-OH is 1. The second-order valence-corrected chi connectivity index (χ2v) is 11.9. The Bertz CT molecular complexity index is 761. The van der Waals surface area contributed by atoms with E-state index in [9.17, 15) is 15.3 Å². The fourth-order valence-electron chi connectivity index (χ4n) is 8.97. The van der Waals surface area contributed by atoms with Crippen LogP contribution in [-0.2, 0) is 9.53 Å². The van der Waals surface area contributed by atoms with Crippen molar-refractivity contribution in [2.45, 2.75) is 77.4 Å². The highest BCUT2D eigenvalue weighted by atomic mass is 16.5. The van der Waals surface area contributed by atoms with Crippen LogP contribution in [0, 0.1) is 45.8 Å². The number of carbonyl (C=O) groups is 1. The fourth-order valence-corrected chi connectivity index (χ4v) is 8.97. The lowest BCUT2D eigenvalue weighted by Gasteiger charge is -2.61. The van der Waals surface area contributed by atoms with E-state index in [4.69, 9.17) is 4.74 Å². The van der Waals surface area contributed by atoms with Crippen LogP contribution in [0.2, 0.25) is 0 Å². The Balaban J connectivity index is 1.40. The summed E-state index contributed by atoms with van der Waals surface area (Å²) >= 11 is 0. The molecule has 4 saturated carbocycles. The number of ether oxygens (including phenoxy) is 1. The van der Waals surface area contributed by atoms with E-state index in [1.807, 2.05) is 5.01 Å². The van der Waals surface area contributed by atoms with E-state index in [1.54, 1.807) is 7.11 Å². The molecule has 0 radical (unpaired) electrons. The molecule has 7 heteroatoms. The summed E-state index contributed by atoms with van der Waals surface area (Å²) in [5.74, 6) is 2.08. The van der Waals surface area contributed by atoms with Gasteiger partial charge in [-0.15, -0.1) is 0 Å². The topological polar surface area (TPSA) is 97.7 Å². The first-order valence-electron chi connectivity index (χ1n) is 12.8. The van der Waals surface area contributed by atoms with Gasteiger partial charge in [0.1, 0.15) is 0 Å². The third kappa shape index (κ3) is 3.42. The summed E-state index contributed by atoms with van der Waals surface area (Å²) in [6, 6.07) is 0.309. The lowest BCUT2D eigenvalue weighted by molar-refractivity contribution is -0.135. The van der Waals surface area contributed by atoms with Gasteiger partial charge in [-0.1, -0.05) is 6.92 Å². The van der Waals surface area contributed by atoms with Crippen LogP contribution in [0.15, 0.2) is 0 Å². The molecular formula is C25H42N4O3. The zero-order valence-corrected chi connectivity index (χ0v) is 20.0. The smallest absolute Gasteiger partial charge is 0.151 e. The van der Waals surface area contributed by atoms with Gasteiger partial charge in [-0.2, -0.15) is 5.53 Å². The molecule has 0 spiro atoms. The molecule has 2 unspecified atom stereocenters. The molecular weight excluding hydrogens is 404 g/mol. The molecule has 0 amide bonds. The van der Waals surface area contributed by atoms with E-state index < -0.39 is 0 Å². The lowest BCUT2D eigenvalue weighted by Crippen LogP contribution is -2.60. The minimum Gasteiger partial charge on any atom is -0.393 e. The number of nitrogens with one attached hydrogen (secondary N) is 3. The molecule has 5 rings (SSSR count). The van der Waals surface area contributed by atoms with Crippen molar-refractivity contribution in [1.82, 2.24) is 16.0 Å². The molecule has 0 aromatic heterocycles. The Labute approximate surface area is 192 Å². The van der Waals surface area contributed by atoms with Gasteiger partial charge in [0.25, 0.3) is 0 Å². The van der Waals surface area contributed by atoms with Gasteiger partial charge in [0.2, 0.25) is 0 Å². The number of Topliss-reactive ketones (excluding diaryl/α,β-unsaturated/α-hetero) is 1. The number of ketones is 1. The van der Waals surface area contributed by atoms with Crippen molar-refractivity contribution in [3.8, 4) is 0 Å². The van der Waals surface area contributed by atoms with Crippen molar-refractivity contribution in [2.24, 2.45) is 40.4 Å². The normalized spacial score (nSPS) is 48.9. The maximum atomic E-state index is 13.5. The Kier molecular flexibility index (Phi) is 6.03. The summed E-state index contributed by atoms with van der Waals surface area (Å²) in [5, 5.41) is 21.7. The van der Waals surface area contributed by atoms with Crippen LogP contribution in [0.25, 0.3) is 0 Å². The van der Waals surface area contributed by atoms with Crippen molar-refractivity contribution < 1.29 is 14.6 Å². The molecule has 7 nitrogen and oxygen atoms in total. The Hall–Kier alpha value is -0.860. The molecule has 1 saturated heterocycles. The van der Waals surface area contributed by atoms with Gasteiger partial charge >= 0.3 is 0 Å². The van der Waals surface area contributed by atoms with E-state index >= 15 is 0 Å². The molecule has 5 fully saturated rings. The highest BCUT2D eigenvalue weighted by Crippen LogP contribution is 2.66. The van der Waals surface area contributed by atoms with Gasteiger partial charge in [-0.25, -0.2) is 10.4 Å². The average molecular weight is 447 g/mol. The van der Waals surface area contributed by atoms with Crippen molar-refractivity contribution >= 4 is 11.5 Å². The molecule has 180 valence electrons. The number of fused-ring (bicyclic) bond motifs is 5. The highest BCUT2D eigenvalue weighted by Gasteiger charge is 2.64. The molecule has 9 atom stereocenters. The van der Waals surface area contributed by atoms with Crippen LogP contribution in [0.3, 0.4) is 0 Å². The first kappa shape index (κ1) is 22.9. The number of rotatable bonds is 5. The molecule has 0 aromatic carbocycles. The molecule has 32 heavy (non-hydrogen) atoms. The van der Waals surface area contributed by atoms with Crippen molar-refractivity contribution in [3.63, 3.8) is 0 Å². The third-order valence-corrected chi connectivity index (χ3v) is 10.4. The van der Waals surface area contributed by atoms with Gasteiger partial charge < -0.3 is 15.3 Å². The first-order chi connectivity index (χ1) is 15.3. The second-order valence-electron chi connectivity index (χ2n) is 11.9. The predicted molar refractivity (Wildman–Crippen MR) is 123 cm³/mol. The van der Waals surface area contributed by atoms with Crippen LogP contribution in [-0.4, -0.2) is 60.6 Å². The predicted octanol–water partition coefficient (Wildman–Crippen LogP) is 2.54. The quantitative estimate of drug-likeness (QED) is 0.518. The van der Waals surface area contributed by atoms with Crippen LogP contribution >= 0.6 is 0 Å². The third-order valence-electron chi connectivity index (χ3n) is 10.4. The van der Waals surface area contributed by atoms with Gasteiger partial charge in [0.15, 0.2) is 5.78 Å². The zero-order chi connectivity index (χ0) is 22.7. The van der Waals surface area contributed by atoms with E-state index in [0.717, 1.165) is 63.6 Å². The molecule has 0 bridgehead atoms. The largest absolute Gasteiger partial charge is 0.393 e. The minimum absolute atomic E-state index is 0.00201. The summed E-state index contributed by atoms with van der Waals surface area (Å²) in [6.45, 7) is 6.44. The number of hydrogen-bond donors (Lipinski definition) is 4. The average Bonchev–Trinajstić information content (AvgIpc) is 3.30. The van der Waals surface area contributed by atoms with Gasteiger partial charge in [-0.3, -0.25) is 4.79 Å². The van der Waals surface area contributed by atoms with E-state index in [2.05, 4.69) is 24.8 Å². The number of nitrogens with zero attached hydrogens (tertiary/aromatic N) is 1. The second kappa shape index (κ2) is 8.42. The van der Waals surface area contributed by atoms with Crippen molar-refractivity contribution in [1.29, 1.82) is 5.41 Å². The van der Waals surface area contributed by atoms with Gasteiger partial charge in [0, 0.05) is 42.7 Å². The summed E-state index contributed by atoms with van der Waals surface area (Å²) < 4.78 is 5.80. The minimum atomic E-state index is -0.200. The number of methoxy groups -OCH3 is 1. The molecule has 5 aliphatic rings. The molecule has 1 aliphatic heterocycles. The molecule has 4 N–H and O–H groups in total. The molecule has 1 heterocycles. The van der Waals surface area contributed by atoms with Crippen LogP contribution < -0.4 is 11.0 Å². The molecule has 4 aliphatic carbocycles. The first-order valence-corrected chi connectivity index (χ1v) is 12.8.